The highest BCUT2D eigenvalue weighted by molar-refractivity contribution is 9.10. The summed E-state index contributed by atoms with van der Waals surface area (Å²) in [5, 5.41) is 2.97. The van der Waals surface area contributed by atoms with Crippen molar-refractivity contribution in [3.05, 3.63) is 28.2 Å². The van der Waals surface area contributed by atoms with Gasteiger partial charge in [-0.3, -0.25) is 4.79 Å². The summed E-state index contributed by atoms with van der Waals surface area (Å²) in [6.07, 6.45) is 0.950. The standard InChI is InChI=1S/C14H18BrNO3/c1-9(2)19-11-3-4-13(15)12(7-11)14(17)16-10-5-6-18-8-10/h3-4,7,9-10H,5-6,8H2,1-2H3,(H,16,17). The van der Waals surface area contributed by atoms with E-state index >= 15 is 0 Å². The van der Waals surface area contributed by atoms with Gasteiger partial charge < -0.3 is 14.8 Å². The average Bonchev–Trinajstić information content (AvgIpc) is 2.83. The molecule has 0 spiro atoms. The second-order valence-electron chi connectivity index (χ2n) is 4.84. The minimum Gasteiger partial charge on any atom is -0.491 e. The van der Waals surface area contributed by atoms with Gasteiger partial charge in [0.25, 0.3) is 5.91 Å². The molecule has 0 radical (unpaired) electrons. The summed E-state index contributed by atoms with van der Waals surface area (Å²) >= 11 is 3.40. The molecule has 5 heteroatoms. The van der Waals surface area contributed by atoms with Crippen molar-refractivity contribution in [3.8, 4) is 5.75 Å². The van der Waals surface area contributed by atoms with Gasteiger partial charge in [-0.25, -0.2) is 0 Å². The molecule has 1 aliphatic heterocycles. The van der Waals surface area contributed by atoms with Crippen molar-refractivity contribution >= 4 is 21.8 Å². The largest absolute Gasteiger partial charge is 0.491 e. The number of rotatable bonds is 4. The molecule has 1 aliphatic rings. The van der Waals surface area contributed by atoms with Crippen LogP contribution in [0.15, 0.2) is 22.7 Å². The van der Waals surface area contributed by atoms with Crippen LogP contribution in [-0.2, 0) is 4.74 Å². The highest BCUT2D eigenvalue weighted by Crippen LogP contribution is 2.23. The number of halogens is 1. The molecule has 0 saturated carbocycles. The summed E-state index contributed by atoms with van der Waals surface area (Å²) < 4.78 is 11.6. The molecule has 1 heterocycles. The van der Waals surface area contributed by atoms with Crippen molar-refractivity contribution < 1.29 is 14.3 Å². The molecule has 0 bridgehead atoms. The summed E-state index contributed by atoms with van der Waals surface area (Å²) in [6, 6.07) is 5.54. The molecule has 0 aliphatic carbocycles. The number of nitrogens with one attached hydrogen (secondary N) is 1. The van der Waals surface area contributed by atoms with Crippen LogP contribution >= 0.6 is 15.9 Å². The smallest absolute Gasteiger partial charge is 0.252 e. The lowest BCUT2D eigenvalue weighted by Gasteiger charge is -2.14. The van der Waals surface area contributed by atoms with E-state index in [4.69, 9.17) is 9.47 Å². The first-order valence-corrected chi connectivity index (χ1v) is 7.20. The zero-order valence-electron chi connectivity index (χ0n) is 11.1. The first-order valence-electron chi connectivity index (χ1n) is 6.41. The van der Waals surface area contributed by atoms with Gasteiger partial charge in [-0.05, 0) is 54.4 Å². The van der Waals surface area contributed by atoms with Gasteiger partial charge in [0.2, 0.25) is 0 Å². The number of benzene rings is 1. The number of hydrogen-bond acceptors (Lipinski definition) is 3. The van der Waals surface area contributed by atoms with Gasteiger partial charge in [0.1, 0.15) is 5.75 Å². The molecule has 1 fully saturated rings. The molecule has 1 aromatic carbocycles. The maximum absolute atomic E-state index is 12.2. The van der Waals surface area contributed by atoms with Crippen molar-refractivity contribution in [1.29, 1.82) is 0 Å². The van der Waals surface area contributed by atoms with Gasteiger partial charge in [-0.15, -0.1) is 0 Å². The lowest BCUT2D eigenvalue weighted by molar-refractivity contribution is 0.0928. The Kier molecular flexibility index (Phi) is 4.82. The molecule has 1 aromatic rings. The highest BCUT2D eigenvalue weighted by Gasteiger charge is 2.20. The molecule has 1 amide bonds. The van der Waals surface area contributed by atoms with E-state index < -0.39 is 0 Å². The van der Waals surface area contributed by atoms with E-state index in [1.165, 1.54) is 0 Å². The molecule has 4 nitrogen and oxygen atoms in total. The average molecular weight is 328 g/mol. The molecular formula is C14H18BrNO3. The Bertz CT molecular complexity index is 456. The molecule has 1 N–H and O–H groups in total. The Morgan fingerprint density at radius 1 is 1.53 bits per heavy atom. The predicted molar refractivity (Wildman–Crippen MR) is 76.6 cm³/mol. The Labute approximate surface area is 121 Å². The van der Waals surface area contributed by atoms with Crippen molar-refractivity contribution in [1.82, 2.24) is 5.32 Å². The topological polar surface area (TPSA) is 47.6 Å². The van der Waals surface area contributed by atoms with Crippen LogP contribution in [-0.4, -0.2) is 31.3 Å². The number of hydrogen-bond donors (Lipinski definition) is 1. The molecule has 1 saturated heterocycles. The summed E-state index contributed by atoms with van der Waals surface area (Å²) in [4.78, 5) is 12.2. The van der Waals surface area contributed by atoms with Crippen LogP contribution in [0.3, 0.4) is 0 Å². The minimum absolute atomic E-state index is 0.0836. The van der Waals surface area contributed by atoms with Crippen LogP contribution in [0.2, 0.25) is 0 Å². The van der Waals surface area contributed by atoms with Gasteiger partial charge in [-0.2, -0.15) is 0 Å². The highest BCUT2D eigenvalue weighted by atomic mass is 79.9. The third kappa shape index (κ3) is 3.94. The van der Waals surface area contributed by atoms with E-state index in [2.05, 4.69) is 21.2 Å². The van der Waals surface area contributed by atoms with Gasteiger partial charge in [0.15, 0.2) is 0 Å². The van der Waals surface area contributed by atoms with E-state index in [0.29, 0.717) is 24.5 Å². The molecule has 2 rings (SSSR count). The summed E-state index contributed by atoms with van der Waals surface area (Å²) in [5.41, 5.74) is 0.588. The Hall–Kier alpha value is -1.07. The first-order chi connectivity index (χ1) is 9.06. The number of ether oxygens (including phenoxy) is 2. The lowest BCUT2D eigenvalue weighted by Crippen LogP contribution is -2.35. The van der Waals surface area contributed by atoms with Crippen LogP contribution in [0, 0.1) is 0 Å². The van der Waals surface area contributed by atoms with Gasteiger partial charge >= 0.3 is 0 Å². The van der Waals surface area contributed by atoms with Crippen LogP contribution < -0.4 is 10.1 Å². The van der Waals surface area contributed by atoms with Crippen LogP contribution in [0.1, 0.15) is 30.6 Å². The molecule has 0 aromatic heterocycles. The zero-order valence-corrected chi connectivity index (χ0v) is 12.7. The van der Waals surface area contributed by atoms with E-state index in [-0.39, 0.29) is 18.1 Å². The van der Waals surface area contributed by atoms with E-state index in [1.807, 2.05) is 26.0 Å². The maximum Gasteiger partial charge on any atom is 0.252 e. The quantitative estimate of drug-likeness (QED) is 0.925. The van der Waals surface area contributed by atoms with E-state index in [9.17, 15) is 4.79 Å². The SMILES string of the molecule is CC(C)Oc1ccc(Br)c(C(=O)NC2CCOC2)c1. The van der Waals surface area contributed by atoms with Crippen LogP contribution in [0.25, 0.3) is 0 Å². The summed E-state index contributed by atoms with van der Waals surface area (Å²) in [6.45, 7) is 5.21. The molecule has 19 heavy (non-hydrogen) atoms. The second kappa shape index (κ2) is 6.39. The lowest BCUT2D eigenvalue weighted by atomic mass is 10.1. The third-order valence-electron chi connectivity index (χ3n) is 2.82. The molecule has 1 unspecified atom stereocenters. The fourth-order valence-electron chi connectivity index (χ4n) is 1.94. The minimum atomic E-state index is -0.100. The number of amides is 1. The fraction of sp³-hybridized carbons (Fsp3) is 0.500. The fourth-order valence-corrected chi connectivity index (χ4v) is 2.36. The Morgan fingerprint density at radius 2 is 2.32 bits per heavy atom. The Balaban J connectivity index is 2.10. The normalized spacial score (nSPS) is 18.6. The van der Waals surface area contributed by atoms with Crippen molar-refractivity contribution in [2.24, 2.45) is 0 Å². The van der Waals surface area contributed by atoms with Crippen LogP contribution in [0.4, 0.5) is 0 Å². The number of carbonyl (C=O) groups is 1. The van der Waals surface area contributed by atoms with E-state index in [1.54, 1.807) is 6.07 Å². The zero-order chi connectivity index (χ0) is 13.8. The Morgan fingerprint density at radius 3 is 2.95 bits per heavy atom. The summed E-state index contributed by atoms with van der Waals surface area (Å²) in [5.74, 6) is 0.600. The van der Waals surface area contributed by atoms with Crippen molar-refractivity contribution in [2.45, 2.75) is 32.4 Å². The van der Waals surface area contributed by atoms with Crippen LogP contribution in [0.5, 0.6) is 5.75 Å². The van der Waals surface area contributed by atoms with Gasteiger partial charge in [0, 0.05) is 11.1 Å². The predicted octanol–water partition coefficient (Wildman–Crippen LogP) is 2.76. The van der Waals surface area contributed by atoms with Crippen molar-refractivity contribution in [3.63, 3.8) is 0 Å². The van der Waals surface area contributed by atoms with Gasteiger partial charge in [0.05, 0.1) is 24.3 Å². The molecule has 104 valence electrons. The molecular weight excluding hydrogens is 310 g/mol. The van der Waals surface area contributed by atoms with Gasteiger partial charge in [-0.1, -0.05) is 0 Å². The number of carbonyl (C=O) groups excluding carboxylic acids is 1. The van der Waals surface area contributed by atoms with E-state index in [0.717, 1.165) is 10.9 Å². The first kappa shape index (κ1) is 14.3. The monoisotopic (exact) mass is 327 g/mol. The summed E-state index contributed by atoms with van der Waals surface area (Å²) in [7, 11) is 0. The second-order valence-corrected chi connectivity index (χ2v) is 5.70. The maximum atomic E-state index is 12.2. The molecule has 1 atom stereocenters. The third-order valence-corrected chi connectivity index (χ3v) is 3.51. The van der Waals surface area contributed by atoms with Crippen molar-refractivity contribution in [2.75, 3.05) is 13.2 Å².